The van der Waals surface area contributed by atoms with Gasteiger partial charge in [0.1, 0.15) is 5.69 Å². The van der Waals surface area contributed by atoms with E-state index in [0.717, 1.165) is 11.8 Å². The van der Waals surface area contributed by atoms with Gasteiger partial charge in [-0.25, -0.2) is 0 Å². The van der Waals surface area contributed by atoms with Crippen LogP contribution in [0, 0.1) is 10.1 Å². The number of benzene rings is 2. The number of aromatic nitrogens is 4. The molecule has 0 atom stereocenters. The number of thioether (sulfide) groups is 1. The molecule has 10 nitrogen and oxygen atoms in total. The van der Waals surface area contributed by atoms with Crippen molar-refractivity contribution in [2.75, 3.05) is 11.1 Å². The molecule has 11 heteroatoms. The summed E-state index contributed by atoms with van der Waals surface area (Å²) in [7, 11) is 0. The van der Waals surface area contributed by atoms with Gasteiger partial charge in [0.15, 0.2) is 5.16 Å². The van der Waals surface area contributed by atoms with Gasteiger partial charge < -0.3 is 5.32 Å². The Morgan fingerprint density at radius 1 is 1.19 bits per heavy atom. The minimum absolute atomic E-state index is 0.0538. The predicted molar refractivity (Wildman–Crippen MR) is 117 cm³/mol. The van der Waals surface area contributed by atoms with Gasteiger partial charge in [-0.05, 0) is 18.2 Å². The molecule has 4 aromatic rings. The van der Waals surface area contributed by atoms with E-state index in [9.17, 15) is 19.7 Å². The smallest absolute Gasteiger partial charge is 0.292 e. The van der Waals surface area contributed by atoms with Crippen LogP contribution in [0.5, 0.6) is 0 Å². The van der Waals surface area contributed by atoms with Gasteiger partial charge in [0.05, 0.1) is 21.6 Å². The van der Waals surface area contributed by atoms with E-state index in [1.165, 1.54) is 22.8 Å². The third kappa shape index (κ3) is 3.78. The van der Waals surface area contributed by atoms with Crippen LogP contribution in [0.25, 0.3) is 16.7 Å². The average Bonchev–Trinajstić information content (AvgIpc) is 3.19. The minimum atomic E-state index is -0.556. The fourth-order valence-corrected chi connectivity index (χ4v) is 3.92. The number of carbonyl (C=O) groups excluding carboxylic acids is 1. The Balaban J connectivity index is 1.66. The number of allylic oxidation sites excluding steroid dienone is 1. The zero-order chi connectivity index (χ0) is 22.0. The number of anilines is 1. The van der Waals surface area contributed by atoms with E-state index < -0.39 is 10.8 Å². The molecule has 0 radical (unpaired) electrons. The van der Waals surface area contributed by atoms with E-state index >= 15 is 0 Å². The fraction of sp³-hybridized carbons (Fsp3) is 0.100. The Labute approximate surface area is 179 Å². The van der Waals surface area contributed by atoms with Crippen LogP contribution in [0.4, 0.5) is 11.4 Å². The highest BCUT2D eigenvalue weighted by molar-refractivity contribution is 7.99. The first-order chi connectivity index (χ1) is 15.0. The van der Waals surface area contributed by atoms with Gasteiger partial charge in [0.25, 0.3) is 11.2 Å². The number of carbonyl (C=O) groups is 1. The van der Waals surface area contributed by atoms with E-state index in [0.29, 0.717) is 21.8 Å². The van der Waals surface area contributed by atoms with Crippen LogP contribution in [-0.4, -0.2) is 35.7 Å². The molecule has 0 aliphatic heterocycles. The van der Waals surface area contributed by atoms with Crippen LogP contribution >= 0.6 is 11.8 Å². The van der Waals surface area contributed by atoms with E-state index in [4.69, 9.17) is 0 Å². The van der Waals surface area contributed by atoms with Gasteiger partial charge in [-0.2, -0.15) is 0 Å². The molecular formula is C20H16N6O4S. The van der Waals surface area contributed by atoms with E-state index in [-0.39, 0.29) is 29.2 Å². The lowest BCUT2D eigenvalue weighted by atomic mass is 10.2. The monoisotopic (exact) mass is 436 g/mol. The standard InChI is InChI=1S/C20H16N6O4S/c1-2-11-24-18(28)13-7-3-5-9-15(13)25-19(24)22-23-20(25)31-12-17(27)21-14-8-4-6-10-16(14)26(29)30/h2-10H,1,11-12H2,(H,21,27). The normalized spacial score (nSPS) is 11.0. The third-order valence-electron chi connectivity index (χ3n) is 4.50. The third-order valence-corrected chi connectivity index (χ3v) is 5.43. The summed E-state index contributed by atoms with van der Waals surface area (Å²) in [5.41, 5.74) is 0.346. The molecule has 156 valence electrons. The first-order valence-electron chi connectivity index (χ1n) is 9.15. The molecule has 0 spiro atoms. The van der Waals surface area contributed by atoms with Crippen LogP contribution < -0.4 is 10.9 Å². The second-order valence-electron chi connectivity index (χ2n) is 6.45. The van der Waals surface area contributed by atoms with Crippen LogP contribution in [0.15, 0.2) is 71.1 Å². The number of nitro benzene ring substituents is 1. The largest absolute Gasteiger partial charge is 0.320 e. The molecule has 4 rings (SSSR count). The molecular weight excluding hydrogens is 420 g/mol. The molecule has 31 heavy (non-hydrogen) atoms. The molecule has 0 aliphatic rings. The summed E-state index contributed by atoms with van der Waals surface area (Å²) >= 11 is 1.11. The van der Waals surface area contributed by atoms with E-state index in [1.807, 2.05) is 0 Å². The van der Waals surface area contributed by atoms with E-state index in [2.05, 4.69) is 22.1 Å². The maximum Gasteiger partial charge on any atom is 0.292 e. The highest BCUT2D eigenvalue weighted by atomic mass is 32.2. The number of nitrogens with one attached hydrogen (secondary N) is 1. The number of nitro groups is 1. The lowest BCUT2D eigenvalue weighted by Gasteiger charge is -2.09. The van der Waals surface area contributed by atoms with Crippen molar-refractivity contribution in [1.82, 2.24) is 19.2 Å². The second-order valence-corrected chi connectivity index (χ2v) is 7.39. The number of nitrogens with zero attached hydrogens (tertiary/aromatic N) is 5. The zero-order valence-electron chi connectivity index (χ0n) is 16.1. The topological polar surface area (TPSA) is 124 Å². The predicted octanol–water partition coefficient (Wildman–Crippen LogP) is 2.87. The maximum atomic E-state index is 12.8. The molecule has 0 aliphatic carbocycles. The van der Waals surface area contributed by atoms with Crippen molar-refractivity contribution in [3.63, 3.8) is 0 Å². The molecule has 1 amide bonds. The molecule has 2 aromatic heterocycles. The lowest BCUT2D eigenvalue weighted by Crippen LogP contribution is -2.22. The van der Waals surface area contributed by atoms with Crippen molar-refractivity contribution >= 4 is 45.7 Å². The maximum absolute atomic E-state index is 12.8. The average molecular weight is 436 g/mol. The Bertz CT molecular complexity index is 1390. The number of hydrogen-bond acceptors (Lipinski definition) is 7. The van der Waals surface area contributed by atoms with Crippen LogP contribution in [-0.2, 0) is 11.3 Å². The molecule has 0 saturated heterocycles. The number of rotatable bonds is 7. The number of hydrogen-bond donors (Lipinski definition) is 1. The van der Waals surface area contributed by atoms with Crippen molar-refractivity contribution in [2.45, 2.75) is 11.7 Å². The van der Waals surface area contributed by atoms with Crippen molar-refractivity contribution in [3.8, 4) is 0 Å². The molecule has 0 fully saturated rings. The molecule has 0 unspecified atom stereocenters. The van der Waals surface area contributed by atoms with Crippen LogP contribution in [0.3, 0.4) is 0 Å². The summed E-state index contributed by atoms with van der Waals surface area (Å²) < 4.78 is 3.17. The summed E-state index contributed by atoms with van der Waals surface area (Å²) in [5, 5.41) is 22.9. The second kappa shape index (κ2) is 8.40. The van der Waals surface area contributed by atoms with Gasteiger partial charge in [-0.3, -0.25) is 28.7 Å². The van der Waals surface area contributed by atoms with Gasteiger partial charge in [-0.15, -0.1) is 16.8 Å². The lowest BCUT2D eigenvalue weighted by molar-refractivity contribution is -0.383. The number of amides is 1. The van der Waals surface area contributed by atoms with Crippen molar-refractivity contribution in [1.29, 1.82) is 0 Å². The molecule has 0 saturated carbocycles. The molecule has 2 heterocycles. The van der Waals surface area contributed by atoms with Crippen molar-refractivity contribution in [2.24, 2.45) is 0 Å². The van der Waals surface area contributed by atoms with Gasteiger partial charge >= 0.3 is 0 Å². The minimum Gasteiger partial charge on any atom is -0.320 e. The van der Waals surface area contributed by atoms with Gasteiger partial charge in [0.2, 0.25) is 11.7 Å². The Hall–Kier alpha value is -3.99. The molecule has 2 aromatic carbocycles. The molecule has 0 bridgehead atoms. The first-order valence-corrected chi connectivity index (χ1v) is 10.1. The summed E-state index contributed by atoms with van der Waals surface area (Å²) in [6.07, 6.45) is 1.60. The van der Waals surface area contributed by atoms with Gasteiger partial charge in [0, 0.05) is 12.6 Å². The summed E-state index contributed by atoms with van der Waals surface area (Å²) in [5.74, 6) is -0.146. The zero-order valence-corrected chi connectivity index (χ0v) is 16.9. The molecule has 1 N–H and O–H groups in total. The Kier molecular flexibility index (Phi) is 5.50. The Morgan fingerprint density at radius 3 is 2.71 bits per heavy atom. The fourth-order valence-electron chi connectivity index (χ4n) is 3.18. The Morgan fingerprint density at radius 2 is 1.94 bits per heavy atom. The van der Waals surface area contributed by atoms with Crippen LogP contribution in [0.1, 0.15) is 0 Å². The number of fused-ring (bicyclic) bond motifs is 3. The summed E-state index contributed by atoms with van der Waals surface area (Å²) in [6.45, 7) is 3.94. The van der Waals surface area contributed by atoms with Crippen LogP contribution in [0.2, 0.25) is 0 Å². The quantitative estimate of drug-likeness (QED) is 0.204. The highest BCUT2D eigenvalue weighted by Gasteiger charge is 2.18. The number of para-hydroxylation sites is 3. The van der Waals surface area contributed by atoms with Crippen molar-refractivity contribution < 1.29 is 9.72 Å². The summed E-state index contributed by atoms with van der Waals surface area (Å²) in [4.78, 5) is 35.8. The SMILES string of the molecule is C=CCn1c(=O)c2ccccc2n2c(SCC(=O)Nc3ccccc3[N+](=O)[O-])nnc12. The van der Waals surface area contributed by atoms with Crippen molar-refractivity contribution in [3.05, 3.63) is 81.7 Å². The van der Waals surface area contributed by atoms with E-state index in [1.54, 1.807) is 40.8 Å². The summed E-state index contributed by atoms with van der Waals surface area (Å²) in [6, 6.07) is 13.0. The highest BCUT2D eigenvalue weighted by Crippen LogP contribution is 2.25. The first kappa shape index (κ1) is 20.3. The van der Waals surface area contributed by atoms with Gasteiger partial charge in [-0.1, -0.05) is 42.1 Å².